The number of carbonyl (C=O) groups excluding carboxylic acids is 1. The molecule has 0 bridgehead atoms. The molecule has 0 unspecified atom stereocenters. The van der Waals surface area contributed by atoms with E-state index in [0.717, 1.165) is 29.9 Å². The number of anilines is 1. The van der Waals surface area contributed by atoms with E-state index in [1.807, 2.05) is 18.2 Å². The first-order chi connectivity index (χ1) is 9.61. The third-order valence-electron chi connectivity index (χ3n) is 4.42. The fourth-order valence-corrected chi connectivity index (χ4v) is 3.13. The Balaban J connectivity index is 2.13. The molecule has 1 saturated carbocycles. The molecule has 1 aliphatic carbocycles. The minimum atomic E-state index is 0.104. The largest absolute Gasteiger partial charge is 0.398 e. The van der Waals surface area contributed by atoms with Gasteiger partial charge in [-0.3, -0.25) is 9.69 Å². The van der Waals surface area contributed by atoms with E-state index in [1.165, 1.54) is 32.1 Å². The Bertz CT molecular complexity index is 464. The zero-order valence-electron chi connectivity index (χ0n) is 12.7. The Kier molecular flexibility index (Phi) is 5.18. The number of carbonyl (C=O) groups is 1. The number of Topliss-reactive ketones (excluding diaryl/α,β-unsaturated/α-hetero) is 1. The lowest BCUT2D eigenvalue weighted by atomic mass is 9.93. The van der Waals surface area contributed by atoms with E-state index in [1.54, 1.807) is 6.92 Å². The summed E-state index contributed by atoms with van der Waals surface area (Å²) in [5.74, 6) is 0.104. The Morgan fingerprint density at radius 1 is 1.30 bits per heavy atom. The van der Waals surface area contributed by atoms with Gasteiger partial charge in [0.1, 0.15) is 0 Å². The van der Waals surface area contributed by atoms with Gasteiger partial charge in [-0.2, -0.15) is 0 Å². The molecule has 110 valence electrons. The highest BCUT2D eigenvalue weighted by Crippen LogP contribution is 2.25. The van der Waals surface area contributed by atoms with Gasteiger partial charge in [0.25, 0.3) is 0 Å². The van der Waals surface area contributed by atoms with Crippen molar-refractivity contribution in [2.24, 2.45) is 0 Å². The first-order valence-electron chi connectivity index (χ1n) is 7.75. The summed E-state index contributed by atoms with van der Waals surface area (Å²) >= 11 is 0. The first kappa shape index (κ1) is 15.0. The van der Waals surface area contributed by atoms with Gasteiger partial charge in [-0.15, -0.1) is 0 Å². The van der Waals surface area contributed by atoms with Crippen molar-refractivity contribution in [3.8, 4) is 0 Å². The molecule has 0 saturated heterocycles. The van der Waals surface area contributed by atoms with Crippen LogP contribution in [-0.2, 0) is 6.54 Å². The minimum Gasteiger partial charge on any atom is -0.398 e. The molecule has 0 heterocycles. The highest BCUT2D eigenvalue weighted by atomic mass is 16.1. The molecule has 0 amide bonds. The fourth-order valence-electron chi connectivity index (χ4n) is 3.13. The average molecular weight is 274 g/mol. The molecule has 0 radical (unpaired) electrons. The predicted molar refractivity (Wildman–Crippen MR) is 83.8 cm³/mol. The molecular weight excluding hydrogens is 248 g/mol. The van der Waals surface area contributed by atoms with Crippen LogP contribution >= 0.6 is 0 Å². The molecule has 1 fully saturated rings. The monoisotopic (exact) mass is 274 g/mol. The van der Waals surface area contributed by atoms with Crippen LogP contribution < -0.4 is 5.73 Å². The van der Waals surface area contributed by atoms with Crippen LogP contribution in [0.1, 0.15) is 61.9 Å². The van der Waals surface area contributed by atoms with Gasteiger partial charge < -0.3 is 5.73 Å². The van der Waals surface area contributed by atoms with E-state index in [0.29, 0.717) is 6.04 Å². The Morgan fingerprint density at radius 3 is 2.60 bits per heavy atom. The lowest BCUT2D eigenvalue weighted by Crippen LogP contribution is -2.36. The van der Waals surface area contributed by atoms with E-state index in [4.69, 9.17) is 5.73 Å². The lowest BCUT2D eigenvalue weighted by molar-refractivity contribution is 0.101. The number of benzene rings is 1. The summed E-state index contributed by atoms with van der Waals surface area (Å²) in [6.07, 6.45) is 6.63. The third-order valence-corrected chi connectivity index (χ3v) is 4.42. The van der Waals surface area contributed by atoms with Gasteiger partial charge in [0.05, 0.1) is 0 Å². The number of nitrogen functional groups attached to an aromatic ring is 1. The molecule has 3 heteroatoms. The molecule has 2 rings (SSSR count). The maximum atomic E-state index is 11.5. The summed E-state index contributed by atoms with van der Waals surface area (Å²) in [5, 5.41) is 0. The van der Waals surface area contributed by atoms with Crippen molar-refractivity contribution in [2.75, 3.05) is 12.3 Å². The van der Waals surface area contributed by atoms with Crippen LogP contribution in [0.15, 0.2) is 18.2 Å². The summed E-state index contributed by atoms with van der Waals surface area (Å²) in [4.78, 5) is 14.0. The SMILES string of the molecule is CCN(Cc1cc(C(C)=O)ccc1N)C1CCCCC1. The number of rotatable bonds is 5. The van der Waals surface area contributed by atoms with Gasteiger partial charge in [-0.05, 0) is 50.1 Å². The van der Waals surface area contributed by atoms with Crippen LogP contribution in [0.25, 0.3) is 0 Å². The standard InChI is InChI=1S/C17H26N2O/c1-3-19(16-7-5-4-6-8-16)12-15-11-14(13(2)20)9-10-17(15)18/h9-11,16H,3-8,12,18H2,1-2H3. The van der Waals surface area contributed by atoms with Crippen LogP contribution in [0.2, 0.25) is 0 Å². The summed E-state index contributed by atoms with van der Waals surface area (Å²) in [6, 6.07) is 6.32. The number of hydrogen-bond acceptors (Lipinski definition) is 3. The lowest BCUT2D eigenvalue weighted by Gasteiger charge is -2.33. The summed E-state index contributed by atoms with van der Waals surface area (Å²) in [5.41, 5.74) is 8.73. The molecule has 0 aliphatic heterocycles. The van der Waals surface area contributed by atoms with Gasteiger partial charge in [0.2, 0.25) is 0 Å². The number of nitrogens with two attached hydrogens (primary N) is 1. The zero-order chi connectivity index (χ0) is 14.5. The van der Waals surface area contributed by atoms with Gasteiger partial charge >= 0.3 is 0 Å². The van der Waals surface area contributed by atoms with Gasteiger partial charge in [-0.1, -0.05) is 26.2 Å². The summed E-state index contributed by atoms with van der Waals surface area (Å²) in [7, 11) is 0. The first-order valence-corrected chi connectivity index (χ1v) is 7.75. The highest BCUT2D eigenvalue weighted by molar-refractivity contribution is 5.94. The molecule has 0 atom stereocenters. The van der Waals surface area contributed by atoms with Gasteiger partial charge in [0, 0.05) is 23.8 Å². The maximum Gasteiger partial charge on any atom is 0.159 e. The van der Waals surface area contributed by atoms with E-state index in [2.05, 4.69) is 11.8 Å². The molecule has 0 spiro atoms. The normalized spacial score (nSPS) is 16.6. The summed E-state index contributed by atoms with van der Waals surface area (Å²) in [6.45, 7) is 5.70. The average Bonchev–Trinajstić information content (AvgIpc) is 2.47. The minimum absolute atomic E-state index is 0.104. The smallest absolute Gasteiger partial charge is 0.159 e. The second-order valence-corrected chi connectivity index (χ2v) is 5.82. The number of hydrogen-bond donors (Lipinski definition) is 1. The van der Waals surface area contributed by atoms with Crippen molar-refractivity contribution >= 4 is 11.5 Å². The van der Waals surface area contributed by atoms with Crippen LogP contribution in [0.5, 0.6) is 0 Å². The molecule has 20 heavy (non-hydrogen) atoms. The van der Waals surface area contributed by atoms with Crippen molar-refractivity contribution in [3.05, 3.63) is 29.3 Å². The number of ketones is 1. The maximum absolute atomic E-state index is 11.5. The predicted octanol–water partition coefficient (Wildman–Crippen LogP) is 3.63. The van der Waals surface area contributed by atoms with Crippen molar-refractivity contribution in [3.63, 3.8) is 0 Å². The molecule has 1 aromatic carbocycles. The molecule has 1 aliphatic rings. The molecule has 2 N–H and O–H groups in total. The van der Waals surface area contributed by atoms with Gasteiger partial charge in [-0.25, -0.2) is 0 Å². The quantitative estimate of drug-likeness (QED) is 0.659. The summed E-state index contributed by atoms with van der Waals surface area (Å²) < 4.78 is 0. The van der Waals surface area contributed by atoms with E-state index in [-0.39, 0.29) is 5.78 Å². The molecule has 3 nitrogen and oxygen atoms in total. The van der Waals surface area contributed by atoms with Crippen molar-refractivity contribution in [2.45, 2.75) is 58.5 Å². The molecule has 1 aromatic rings. The topological polar surface area (TPSA) is 46.3 Å². The molecular formula is C17H26N2O. The Hall–Kier alpha value is -1.35. The van der Waals surface area contributed by atoms with E-state index in [9.17, 15) is 4.79 Å². The second kappa shape index (κ2) is 6.89. The van der Waals surface area contributed by atoms with E-state index >= 15 is 0 Å². The third kappa shape index (κ3) is 3.60. The van der Waals surface area contributed by atoms with Crippen molar-refractivity contribution in [1.82, 2.24) is 4.90 Å². The van der Waals surface area contributed by atoms with E-state index < -0.39 is 0 Å². The number of nitrogens with zero attached hydrogens (tertiary/aromatic N) is 1. The Labute approximate surface area is 122 Å². The van der Waals surface area contributed by atoms with Crippen LogP contribution in [0, 0.1) is 0 Å². The zero-order valence-corrected chi connectivity index (χ0v) is 12.7. The second-order valence-electron chi connectivity index (χ2n) is 5.82. The van der Waals surface area contributed by atoms with Crippen molar-refractivity contribution < 1.29 is 4.79 Å². The van der Waals surface area contributed by atoms with Crippen LogP contribution in [-0.4, -0.2) is 23.3 Å². The molecule has 0 aromatic heterocycles. The van der Waals surface area contributed by atoms with Gasteiger partial charge in [0.15, 0.2) is 5.78 Å². The fraction of sp³-hybridized carbons (Fsp3) is 0.588. The highest BCUT2D eigenvalue weighted by Gasteiger charge is 2.20. The van der Waals surface area contributed by atoms with Crippen molar-refractivity contribution in [1.29, 1.82) is 0 Å². The van der Waals surface area contributed by atoms with Crippen LogP contribution in [0.4, 0.5) is 5.69 Å². The van der Waals surface area contributed by atoms with Crippen LogP contribution in [0.3, 0.4) is 0 Å². The Morgan fingerprint density at radius 2 is 2.00 bits per heavy atom.